The van der Waals surface area contributed by atoms with Crippen molar-refractivity contribution in [1.82, 2.24) is 15.5 Å². The minimum Gasteiger partial charge on any atom is -0.497 e. The Hall–Kier alpha value is -2.44. The van der Waals surface area contributed by atoms with Crippen molar-refractivity contribution in [3.8, 4) is 11.5 Å². The lowest BCUT2D eigenvalue weighted by Gasteiger charge is -2.25. The summed E-state index contributed by atoms with van der Waals surface area (Å²) >= 11 is 0. The first-order chi connectivity index (χ1) is 11.2. The van der Waals surface area contributed by atoms with Crippen molar-refractivity contribution in [2.45, 2.75) is 6.42 Å². The molecule has 1 saturated heterocycles. The fourth-order valence-corrected chi connectivity index (χ4v) is 2.85. The van der Waals surface area contributed by atoms with Gasteiger partial charge < -0.3 is 25.0 Å². The maximum Gasteiger partial charge on any atom is 0.317 e. The average Bonchev–Trinajstić information content (AvgIpc) is 2.98. The quantitative estimate of drug-likeness (QED) is 0.823. The molecule has 1 aromatic carbocycles. The number of ether oxygens (including phenoxy) is 2. The third-order valence-corrected chi connectivity index (χ3v) is 4.17. The van der Waals surface area contributed by atoms with Crippen molar-refractivity contribution in [3.63, 3.8) is 0 Å². The highest BCUT2D eigenvalue weighted by atomic mass is 16.5. The van der Waals surface area contributed by atoms with Crippen LogP contribution in [-0.4, -0.2) is 56.7 Å². The van der Waals surface area contributed by atoms with Crippen molar-refractivity contribution < 1.29 is 19.1 Å². The zero-order valence-corrected chi connectivity index (χ0v) is 13.1. The standard InChI is InChI=1S/C16H21N3O4/c1-22-13-2-3-14-11(9-13)8-12(10-23-14)15(20)17-4-6-19-7-5-18-16(19)21/h2-3,9,12H,4-8,10H2,1H3,(H,17,20)(H,18,21)/t12-/m1/s1. The average molecular weight is 319 g/mol. The van der Waals surface area contributed by atoms with Gasteiger partial charge in [-0.25, -0.2) is 4.79 Å². The summed E-state index contributed by atoms with van der Waals surface area (Å²) in [6, 6.07) is 5.55. The highest BCUT2D eigenvalue weighted by Crippen LogP contribution is 2.30. The Balaban J connectivity index is 1.51. The van der Waals surface area contributed by atoms with E-state index in [1.807, 2.05) is 18.2 Å². The predicted octanol–water partition coefficient (Wildman–Crippen LogP) is 0.388. The zero-order chi connectivity index (χ0) is 16.2. The number of urea groups is 1. The van der Waals surface area contributed by atoms with Crippen LogP contribution in [0.4, 0.5) is 4.79 Å². The number of methoxy groups -OCH3 is 1. The lowest BCUT2D eigenvalue weighted by atomic mass is 9.96. The maximum atomic E-state index is 12.3. The van der Waals surface area contributed by atoms with E-state index in [0.717, 1.165) is 17.1 Å². The van der Waals surface area contributed by atoms with Crippen LogP contribution in [0.1, 0.15) is 5.56 Å². The summed E-state index contributed by atoms with van der Waals surface area (Å²) < 4.78 is 10.9. The number of benzene rings is 1. The molecule has 0 bridgehead atoms. The second kappa shape index (κ2) is 6.76. The lowest BCUT2D eigenvalue weighted by Crippen LogP contribution is -2.41. The van der Waals surface area contributed by atoms with Crippen molar-refractivity contribution >= 4 is 11.9 Å². The van der Waals surface area contributed by atoms with E-state index >= 15 is 0 Å². The fourth-order valence-electron chi connectivity index (χ4n) is 2.85. The first kappa shape index (κ1) is 15.5. The Morgan fingerprint density at radius 3 is 3.13 bits per heavy atom. The van der Waals surface area contributed by atoms with Gasteiger partial charge in [0.2, 0.25) is 5.91 Å². The van der Waals surface area contributed by atoms with E-state index in [4.69, 9.17) is 9.47 Å². The molecule has 1 fully saturated rings. The smallest absolute Gasteiger partial charge is 0.317 e. The third-order valence-electron chi connectivity index (χ3n) is 4.17. The molecule has 7 heteroatoms. The molecule has 0 aromatic heterocycles. The molecule has 124 valence electrons. The van der Waals surface area contributed by atoms with Crippen molar-refractivity contribution in [2.75, 3.05) is 39.9 Å². The molecule has 1 aromatic rings. The number of rotatable bonds is 5. The fraction of sp³-hybridized carbons (Fsp3) is 0.500. The maximum absolute atomic E-state index is 12.3. The van der Waals surface area contributed by atoms with Gasteiger partial charge in [0, 0.05) is 26.2 Å². The van der Waals surface area contributed by atoms with Crippen molar-refractivity contribution in [2.24, 2.45) is 5.92 Å². The van der Waals surface area contributed by atoms with Gasteiger partial charge in [-0.05, 0) is 30.2 Å². The molecule has 0 aliphatic carbocycles. The van der Waals surface area contributed by atoms with Crippen molar-refractivity contribution in [1.29, 1.82) is 0 Å². The molecule has 7 nitrogen and oxygen atoms in total. The van der Waals surface area contributed by atoms with Gasteiger partial charge in [0.05, 0.1) is 13.0 Å². The molecule has 3 amide bonds. The highest BCUT2D eigenvalue weighted by molar-refractivity contribution is 5.80. The minimum atomic E-state index is -0.220. The lowest BCUT2D eigenvalue weighted by molar-refractivity contribution is -0.126. The number of hydrogen-bond acceptors (Lipinski definition) is 4. The monoisotopic (exact) mass is 319 g/mol. The van der Waals surface area contributed by atoms with E-state index in [0.29, 0.717) is 39.2 Å². The van der Waals surface area contributed by atoms with Crippen molar-refractivity contribution in [3.05, 3.63) is 23.8 Å². The molecule has 0 radical (unpaired) electrons. The summed E-state index contributed by atoms with van der Waals surface area (Å²) in [4.78, 5) is 25.4. The van der Waals surface area contributed by atoms with Crippen LogP contribution in [0.2, 0.25) is 0 Å². The summed E-state index contributed by atoms with van der Waals surface area (Å²) in [5.74, 6) is 1.30. The van der Waals surface area contributed by atoms with E-state index in [1.54, 1.807) is 12.0 Å². The molecular weight excluding hydrogens is 298 g/mol. The third kappa shape index (κ3) is 3.49. The number of nitrogens with one attached hydrogen (secondary N) is 2. The first-order valence-corrected chi connectivity index (χ1v) is 7.77. The molecule has 23 heavy (non-hydrogen) atoms. The zero-order valence-electron chi connectivity index (χ0n) is 13.1. The molecule has 0 spiro atoms. The van der Waals surface area contributed by atoms with E-state index < -0.39 is 0 Å². The number of fused-ring (bicyclic) bond motifs is 1. The number of carbonyl (C=O) groups is 2. The van der Waals surface area contributed by atoms with Gasteiger partial charge in [-0.2, -0.15) is 0 Å². The molecule has 2 N–H and O–H groups in total. The van der Waals surface area contributed by atoms with E-state index in [1.165, 1.54) is 0 Å². The topological polar surface area (TPSA) is 79.9 Å². The summed E-state index contributed by atoms with van der Waals surface area (Å²) in [5.41, 5.74) is 0.981. The van der Waals surface area contributed by atoms with E-state index in [-0.39, 0.29) is 17.9 Å². The second-order valence-corrected chi connectivity index (χ2v) is 5.70. The Morgan fingerprint density at radius 2 is 2.39 bits per heavy atom. The van der Waals surface area contributed by atoms with Crippen LogP contribution in [0, 0.1) is 5.92 Å². The molecule has 0 unspecified atom stereocenters. The summed E-state index contributed by atoms with van der Waals surface area (Å²) in [5, 5.41) is 5.62. The predicted molar refractivity (Wildman–Crippen MR) is 83.7 cm³/mol. The van der Waals surface area contributed by atoms with Crippen LogP contribution < -0.4 is 20.1 Å². The van der Waals surface area contributed by atoms with Gasteiger partial charge in [-0.3, -0.25) is 4.79 Å². The SMILES string of the molecule is COc1ccc2c(c1)C[C@@H](C(=O)NCCN1CCNC1=O)CO2. The highest BCUT2D eigenvalue weighted by Gasteiger charge is 2.26. The Labute approximate surface area is 134 Å². The van der Waals surface area contributed by atoms with Crippen LogP contribution in [0.25, 0.3) is 0 Å². The first-order valence-electron chi connectivity index (χ1n) is 7.77. The summed E-state index contributed by atoms with van der Waals surface area (Å²) in [7, 11) is 1.62. The van der Waals surface area contributed by atoms with E-state index in [2.05, 4.69) is 10.6 Å². The van der Waals surface area contributed by atoms with Gasteiger partial charge in [-0.1, -0.05) is 0 Å². The molecule has 2 aliphatic heterocycles. The molecule has 3 rings (SSSR count). The number of nitrogens with zero attached hydrogens (tertiary/aromatic N) is 1. The van der Waals surface area contributed by atoms with Gasteiger partial charge in [-0.15, -0.1) is 0 Å². The largest absolute Gasteiger partial charge is 0.497 e. The Kier molecular flexibility index (Phi) is 4.55. The Bertz CT molecular complexity index is 605. The minimum absolute atomic E-state index is 0.0434. The van der Waals surface area contributed by atoms with Crippen LogP contribution in [0.5, 0.6) is 11.5 Å². The number of hydrogen-bond donors (Lipinski definition) is 2. The van der Waals surface area contributed by atoms with Crippen LogP contribution in [0.15, 0.2) is 18.2 Å². The number of amides is 3. The van der Waals surface area contributed by atoms with Crippen LogP contribution in [0.3, 0.4) is 0 Å². The number of carbonyl (C=O) groups excluding carboxylic acids is 2. The second-order valence-electron chi connectivity index (χ2n) is 5.70. The summed E-state index contributed by atoms with van der Waals surface area (Å²) in [6.45, 7) is 2.70. The van der Waals surface area contributed by atoms with Gasteiger partial charge >= 0.3 is 6.03 Å². The Morgan fingerprint density at radius 1 is 1.52 bits per heavy atom. The molecule has 2 aliphatic rings. The molecule has 2 heterocycles. The van der Waals surface area contributed by atoms with Gasteiger partial charge in [0.25, 0.3) is 0 Å². The van der Waals surface area contributed by atoms with Gasteiger partial charge in [0.1, 0.15) is 18.1 Å². The molecule has 1 atom stereocenters. The van der Waals surface area contributed by atoms with Crippen LogP contribution >= 0.6 is 0 Å². The normalized spacial score (nSPS) is 19.6. The summed E-state index contributed by atoms with van der Waals surface area (Å²) in [6.07, 6.45) is 0.628. The molecular formula is C16H21N3O4. The van der Waals surface area contributed by atoms with Crippen LogP contribution in [-0.2, 0) is 11.2 Å². The van der Waals surface area contributed by atoms with Gasteiger partial charge in [0.15, 0.2) is 0 Å². The molecule has 0 saturated carbocycles. The van der Waals surface area contributed by atoms with E-state index in [9.17, 15) is 9.59 Å².